The monoisotopic (exact) mass is 320 g/mol. The van der Waals surface area contributed by atoms with Gasteiger partial charge in [-0.15, -0.1) is 0 Å². The average molecular weight is 320 g/mol. The van der Waals surface area contributed by atoms with E-state index in [1.807, 2.05) is 0 Å². The summed E-state index contributed by atoms with van der Waals surface area (Å²) in [6, 6.07) is 3.70. The first-order valence-corrected chi connectivity index (χ1v) is 8.88. The van der Waals surface area contributed by atoms with Crippen LogP contribution in [0.25, 0.3) is 0 Å². The Morgan fingerprint density at radius 3 is 2.00 bits per heavy atom. The number of carbonyl (C=O) groups is 1. The molecule has 3 N–H and O–H groups in total. The van der Waals surface area contributed by atoms with Crippen molar-refractivity contribution in [3.8, 4) is 0 Å². The van der Waals surface area contributed by atoms with Gasteiger partial charge in [-0.05, 0) is 31.2 Å². The van der Waals surface area contributed by atoms with E-state index in [1.165, 1.54) is 38.1 Å². The van der Waals surface area contributed by atoms with Crippen molar-refractivity contribution in [1.82, 2.24) is 4.72 Å². The maximum atomic E-state index is 11.9. The largest absolute Gasteiger partial charge is 0.368 e. The predicted molar refractivity (Wildman–Crippen MR) is 73.1 cm³/mol. The van der Waals surface area contributed by atoms with Gasteiger partial charge in [0.1, 0.15) is 0 Å². The summed E-state index contributed by atoms with van der Waals surface area (Å²) in [5.41, 5.74) is 4.98. The highest BCUT2D eigenvalue weighted by molar-refractivity contribution is 7.91. The smallest absolute Gasteiger partial charge is 0.241 e. The van der Waals surface area contributed by atoms with Gasteiger partial charge in [0, 0.05) is 0 Å². The number of benzene rings is 1. The van der Waals surface area contributed by atoms with Gasteiger partial charge < -0.3 is 5.73 Å². The molecule has 20 heavy (non-hydrogen) atoms. The summed E-state index contributed by atoms with van der Waals surface area (Å²) in [4.78, 5) is 10.8. The molecule has 0 aliphatic carbocycles. The van der Waals surface area contributed by atoms with Crippen molar-refractivity contribution in [2.45, 2.75) is 29.7 Å². The van der Waals surface area contributed by atoms with E-state index in [0.717, 1.165) is 0 Å². The van der Waals surface area contributed by atoms with Gasteiger partial charge in [0.25, 0.3) is 0 Å². The first-order valence-electron chi connectivity index (χ1n) is 5.74. The van der Waals surface area contributed by atoms with Crippen molar-refractivity contribution in [1.29, 1.82) is 0 Å². The fraction of sp³-hybridized carbons (Fsp3) is 0.364. The van der Waals surface area contributed by atoms with Gasteiger partial charge in [-0.2, -0.15) is 4.72 Å². The first-order chi connectivity index (χ1) is 9.10. The Balaban J connectivity index is 3.08. The predicted octanol–water partition coefficient (Wildman–Crippen LogP) is -0.368. The lowest BCUT2D eigenvalue weighted by Gasteiger charge is -2.11. The van der Waals surface area contributed by atoms with Gasteiger partial charge in [-0.1, -0.05) is 6.92 Å². The summed E-state index contributed by atoms with van der Waals surface area (Å²) in [5, 5.41) is 0. The van der Waals surface area contributed by atoms with Gasteiger partial charge in [0.15, 0.2) is 9.84 Å². The van der Waals surface area contributed by atoms with Gasteiger partial charge >= 0.3 is 0 Å². The minimum Gasteiger partial charge on any atom is -0.368 e. The molecule has 1 amide bonds. The van der Waals surface area contributed by atoms with Crippen LogP contribution in [0.2, 0.25) is 0 Å². The van der Waals surface area contributed by atoms with Crippen LogP contribution < -0.4 is 10.5 Å². The van der Waals surface area contributed by atoms with Gasteiger partial charge in [0.05, 0.1) is 21.6 Å². The molecule has 112 valence electrons. The van der Waals surface area contributed by atoms with Crippen LogP contribution in [-0.4, -0.2) is 34.5 Å². The summed E-state index contributed by atoms with van der Waals surface area (Å²) in [6.45, 7) is 2.81. The summed E-state index contributed by atoms with van der Waals surface area (Å²) in [7, 11) is -7.31. The van der Waals surface area contributed by atoms with E-state index >= 15 is 0 Å². The number of amides is 1. The van der Waals surface area contributed by atoms with Crippen LogP contribution in [0.4, 0.5) is 0 Å². The van der Waals surface area contributed by atoms with E-state index in [0.29, 0.717) is 0 Å². The number of sulfonamides is 1. The Morgan fingerprint density at radius 1 is 1.15 bits per heavy atom. The Labute approximate surface area is 118 Å². The summed E-state index contributed by atoms with van der Waals surface area (Å²) in [6.07, 6.45) is 0. The summed E-state index contributed by atoms with van der Waals surface area (Å²) in [5.74, 6) is -0.880. The highest BCUT2D eigenvalue weighted by Crippen LogP contribution is 2.15. The van der Waals surface area contributed by atoms with Crippen molar-refractivity contribution in [3.05, 3.63) is 24.3 Å². The van der Waals surface area contributed by atoms with E-state index in [1.54, 1.807) is 0 Å². The summed E-state index contributed by atoms with van der Waals surface area (Å²) < 4.78 is 49.1. The van der Waals surface area contributed by atoms with Gasteiger partial charge in [0.2, 0.25) is 15.9 Å². The van der Waals surface area contributed by atoms with Crippen LogP contribution >= 0.6 is 0 Å². The zero-order valence-electron chi connectivity index (χ0n) is 11.0. The standard InChI is InChI=1S/C11H16N2O5S2/c1-3-19(15,16)9-4-6-10(7-5-9)20(17,18)13-8(2)11(12)14/h4-8,13H,3H2,1-2H3,(H2,12,14)/t8-/m0/s1. The normalized spacial score (nSPS) is 13.9. The van der Waals surface area contributed by atoms with Crippen LogP contribution in [0.15, 0.2) is 34.1 Å². The third-order valence-corrected chi connectivity index (χ3v) is 5.94. The van der Waals surface area contributed by atoms with Gasteiger partial charge in [-0.25, -0.2) is 16.8 Å². The second-order valence-corrected chi connectivity index (χ2v) is 8.11. The Morgan fingerprint density at radius 2 is 1.60 bits per heavy atom. The molecule has 0 saturated carbocycles. The van der Waals surface area contributed by atoms with Gasteiger partial charge in [-0.3, -0.25) is 4.79 Å². The number of sulfone groups is 1. The third-order valence-electron chi connectivity index (χ3n) is 2.63. The molecule has 7 nitrogen and oxygen atoms in total. The van der Waals surface area contributed by atoms with E-state index in [9.17, 15) is 21.6 Å². The Bertz CT molecular complexity index is 693. The van der Waals surface area contributed by atoms with Crippen LogP contribution in [0.5, 0.6) is 0 Å². The first kappa shape index (κ1) is 16.6. The molecule has 0 fully saturated rings. The lowest BCUT2D eigenvalue weighted by molar-refractivity contribution is -0.119. The van der Waals surface area contributed by atoms with Crippen molar-refractivity contribution < 1.29 is 21.6 Å². The molecule has 1 aromatic carbocycles. The second kappa shape index (κ2) is 5.90. The van der Waals surface area contributed by atoms with E-state index < -0.39 is 31.8 Å². The van der Waals surface area contributed by atoms with Crippen molar-refractivity contribution in [3.63, 3.8) is 0 Å². The molecule has 9 heteroatoms. The molecule has 1 aromatic rings. The van der Waals surface area contributed by atoms with Crippen LogP contribution in [-0.2, 0) is 24.7 Å². The molecule has 0 spiro atoms. The van der Waals surface area contributed by atoms with Crippen molar-refractivity contribution in [2.75, 3.05) is 5.75 Å². The third kappa shape index (κ3) is 3.78. The summed E-state index contributed by atoms with van der Waals surface area (Å²) >= 11 is 0. The minimum atomic E-state index is -3.92. The highest BCUT2D eigenvalue weighted by Gasteiger charge is 2.21. The zero-order chi connectivity index (χ0) is 15.6. The van der Waals surface area contributed by atoms with Crippen LogP contribution in [0.1, 0.15) is 13.8 Å². The SMILES string of the molecule is CCS(=O)(=O)c1ccc(S(=O)(=O)N[C@@H](C)C(N)=O)cc1. The molecule has 0 unspecified atom stereocenters. The Kier molecular flexibility index (Phi) is 4.90. The quantitative estimate of drug-likeness (QED) is 0.740. The van der Waals surface area contributed by atoms with E-state index in [2.05, 4.69) is 4.72 Å². The number of rotatable bonds is 6. The topological polar surface area (TPSA) is 123 Å². The maximum Gasteiger partial charge on any atom is 0.241 e. The zero-order valence-corrected chi connectivity index (χ0v) is 12.7. The molecular weight excluding hydrogens is 304 g/mol. The molecule has 0 saturated heterocycles. The number of hydrogen-bond donors (Lipinski definition) is 2. The van der Waals surface area contributed by atoms with Crippen molar-refractivity contribution in [2.24, 2.45) is 5.73 Å². The minimum absolute atomic E-state index is 0.0434. The van der Waals surface area contributed by atoms with Crippen molar-refractivity contribution >= 4 is 25.8 Å². The van der Waals surface area contributed by atoms with E-state index in [-0.39, 0.29) is 15.5 Å². The van der Waals surface area contributed by atoms with Crippen LogP contribution in [0, 0.1) is 0 Å². The second-order valence-electron chi connectivity index (χ2n) is 4.12. The molecule has 0 aromatic heterocycles. The molecule has 1 atom stereocenters. The lowest BCUT2D eigenvalue weighted by atomic mass is 10.4. The molecule has 0 radical (unpaired) electrons. The Hall–Kier alpha value is -1.45. The highest BCUT2D eigenvalue weighted by atomic mass is 32.2. The number of nitrogens with two attached hydrogens (primary N) is 1. The number of primary amides is 1. The fourth-order valence-corrected chi connectivity index (χ4v) is 3.45. The molecule has 0 aliphatic rings. The number of nitrogens with one attached hydrogen (secondary N) is 1. The molecule has 1 rings (SSSR count). The fourth-order valence-electron chi connectivity index (χ4n) is 1.35. The van der Waals surface area contributed by atoms with Crippen LogP contribution in [0.3, 0.4) is 0 Å². The maximum absolute atomic E-state index is 11.9. The lowest BCUT2D eigenvalue weighted by Crippen LogP contribution is -2.42. The molecule has 0 aliphatic heterocycles. The molecule has 0 heterocycles. The molecular formula is C11H16N2O5S2. The molecule has 0 bridgehead atoms. The van der Waals surface area contributed by atoms with E-state index in [4.69, 9.17) is 5.73 Å². The average Bonchev–Trinajstić information content (AvgIpc) is 2.38. The number of hydrogen-bond acceptors (Lipinski definition) is 5. The number of carbonyl (C=O) groups excluding carboxylic acids is 1.